The third-order valence-corrected chi connectivity index (χ3v) is 6.65. The molecular formula is C24H28F2N4O4S. The number of sulfonamides is 1. The number of methoxy groups -OCH3 is 1. The molecule has 0 radical (unpaired) electrons. The van der Waals surface area contributed by atoms with Crippen molar-refractivity contribution in [3.05, 3.63) is 48.2 Å². The van der Waals surface area contributed by atoms with Gasteiger partial charge >= 0.3 is 0 Å². The Morgan fingerprint density at radius 2 is 1.91 bits per heavy atom. The lowest BCUT2D eigenvalue weighted by molar-refractivity contribution is -0.119. The first-order chi connectivity index (χ1) is 16.5. The molecule has 8 nitrogen and oxygen atoms in total. The maximum absolute atomic E-state index is 15.4. The molecule has 0 spiro atoms. The number of anilines is 2. The highest BCUT2D eigenvalue weighted by molar-refractivity contribution is 7.92. The molecule has 1 amide bonds. The summed E-state index contributed by atoms with van der Waals surface area (Å²) in [5, 5.41) is 7.20. The van der Waals surface area contributed by atoms with Gasteiger partial charge in [0.1, 0.15) is 17.4 Å². The van der Waals surface area contributed by atoms with Crippen molar-refractivity contribution in [3.63, 3.8) is 0 Å². The predicted molar refractivity (Wildman–Crippen MR) is 133 cm³/mol. The van der Waals surface area contributed by atoms with Crippen LogP contribution in [0.2, 0.25) is 0 Å². The van der Waals surface area contributed by atoms with Crippen LogP contribution in [-0.4, -0.2) is 44.8 Å². The molecule has 3 N–H and O–H groups in total. The van der Waals surface area contributed by atoms with Gasteiger partial charge in [-0.3, -0.25) is 9.52 Å². The Morgan fingerprint density at radius 3 is 2.57 bits per heavy atom. The molecule has 0 fully saturated rings. The van der Waals surface area contributed by atoms with Crippen LogP contribution in [0.25, 0.3) is 21.9 Å². The minimum Gasteiger partial charge on any atom is -0.496 e. The van der Waals surface area contributed by atoms with E-state index in [0.29, 0.717) is 29.6 Å². The minimum atomic E-state index is -3.78. The van der Waals surface area contributed by atoms with E-state index in [9.17, 15) is 17.6 Å². The largest absolute Gasteiger partial charge is 0.496 e. The Bertz CT molecular complexity index is 1350. The molecule has 0 saturated heterocycles. The molecule has 35 heavy (non-hydrogen) atoms. The fourth-order valence-corrected chi connectivity index (χ4v) is 4.79. The fourth-order valence-electron chi connectivity index (χ4n) is 3.65. The number of aromatic nitrogens is 1. The molecule has 0 unspecified atom stereocenters. The summed E-state index contributed by atoms with van der Waals surface area (Å²) in [6, 6.07) is 6.86. The van der Waals surface area contributed by atoms with Crippen LogP contribution >= 0.6 is 0 Å². The molecule has 3 rings (SSSR count). The minimum absolute atomic E-state index is 0.116. The van der Waals surface area contributed by atoms with E-state index in [0.717, 1.165) is 12.1 Å². The van der Waals surface area contributed by atoms with E-state index in [2.05, 4.69) is 20.3 Å². The second kappa shape index (κ2) is 10.9. The number of nitrogens with zero attached hydrogens (tertiary/aromatic N) is 1. The molecule has 0 aliphatic rings. The van der Waals surface area contributed by atoms with Crippen LogP contribution in [0.1, 0.15) is 27.2 Å². The number of pyridine rings is 1. The number of hydrogen-bond donors (Lipinski definition) is 3. The molecule has 0 aliphatic heterocycles. The quantitative estimate of drug-likeness (QED) is 0.379. The third-order valence-electron chi connectivity index (χ3n) is 5.18. The highest BCUT2D eigenvalue weighted by atomic mass is 32.2. The Labute approximate surface area is 203 Å². The van der Waals surface area contributed by atoms with E-state index in [1.165, 1.54) is 20.1 Å². The summed E-state index contributed by atoms with van der Waals surface area (Å²) in [6.07, 6.45) is 1.90. The lowest BCUT2D eigenvalue weighted by Crippen LogP contribution is -2.35. The van der Waals surface area contributed by atoms with E-state index in [4.69, 9.17) is 4.74 Å². The Morgan fingerprint density at radius 1 is 1.17 bits per heavy atom. The van der Waals surface area contributed by atoms with Gasteiger partial charge in [-0.2, -0.15) is 0 Å². The molecule has 2 aromatic carbocycles. The highest BCUT2D eigenvalue weighted by Crippen LogP contribution is 2.39. The standard InChI is InChI=1S/C24H28F2N4O4S/c1-5-8-35(32,33)30-20-7-6-19(25)23(24(20)26)18-9-17-13-28-22(11-16(17)10-21(18)34-4)27-12-14(2)29-15(3)31/h6-7,9-11,13-14,30H,5,8,12H2,1-4H3,(H,27,28)(H,29,31)/t14-/m1/s1. The normalized spacial score (nSPS) is 12.3. The maximum Gasteiger partial charge on any atom is 0.232 e. The van der Waals surface area contributed by atoms with Crippen LogP contribution in [-0.2, 0) is 14.8 Å². The van der Waals surface area contributed by atoms with Gasteiger partial charge in [-0.25, -0.2) is 22.2 Å². The lowest BCUT2D eigenvalue weighted by Gasteiger charge is -2.16. The molecular weight excluding hydrogens is 478 g/mol. The number of rotatable bonds is 10. The van der Waals surface area contributed by atoms with E-state index in [-0.39, 0.29) is 34.7 Å². The summed E-state index contributed by atoms with van der Waals surface area (Å²) >= 11 is 0. The molecule has 0 saturated carbocycles. The third kappa shape index (κ3) is 6.36. The summed E-state index contributed by atoms with van der Waals surface area (Å²) in [6.45, 7) is 5.43. The van der Waals surface area contributed by atoms with Crippen molar-refractivity contribution in [2.24, 2.45) is 0 Å². The number of benzene rings is 2. The maximum atomic E-state index is 15.4. The Kier molecular flexibility index (Phi) is 8.11. The number of hydrogen-bond acceptors (Lipinski definition) is 6. The predicted octanol–water partition coefficient (Wildman–Crippen LogP) is 4.28. The SMILES string of the molecule is CCCS(=O)(=O)Nc1ccc(F)c(-c2cc3cnc(NC[C@@H](C)NC(C)=O)cc3cc2OC)c1F. The van der Waals surface area contributed by atoms with Gasteiger partial charge < -0.3 is 15.4 Å². The average Bonchev–Trinajstić information content (AvgIpc) is 2.78. The zero-order chi connectivity index (χ0) is 25.8. The van der Waals surface area contributed by atoms with E-state index in [1.54, 1.807) is 25.3 Å². The molecule has 0 bridgehead atoms. The Balaban J connectivity index is 2.00. The van der Waals surface area contributed by atoms with Crippen LogP contribution in [0.3, 0.4) is 0 Å². The van der Waals surface area contributed by atoms with Crippen LogP contribution in [0.15, 0.2) is 36.5 Å². The number of ether oxygens (including phenoxy) is 1. The monoisotopic (exact) mass is 506 g/mol. The molecule has 1 aromatic heterocycles. The number of halogens is 2. The molecule has 1 heterocycles. The van der Waals surface area contributed by atoms with Crippen LogP contribution in [0.4, 0.5) is 20.3 Å². The second-order valence-corrected chi connectivity index (χ2v) is 10.00. The zero-order valence-corrected chi connectivity index (χ0v) is 20.7. The smallest absolute Gasteiger partial charge is 0.232 e. The van der Waals surface area contributed by atoms with E-state index < -0.39 is 27.2 Å². The summed E-state index contributed by atoms with van der Waals surface area (Å²) in [5.74, 6) is -1.48. The molecule has 0 aliphatic carbocycles. The second-order valence-electron chi connectivity index (χ2n) is 8.16. The van der Waals surface area contributed by atoms with Gasteiger partial charge in [0, 0.05) is 36.7 Å². The zero-order valence-electron chi connectivity index (χ0n) is 19.9. The molecule has 188 valence electrons. The van der Waals surface area contributed by atoms with Crippen molar-refractivity contribution in [1.29, 1.82) is 0 Å². The summed E-state index contributed by atoms with van der Waals surface area (Å²) in [5.41, 5.74) is -0.636. The van der Waals surface area contributed by atoms with Gasteiger partial charge in [-0.15, -0.1) is 0 Å². The van der Waals surface area contributed by atoms with Crippen molar-refractivity contribution in [2.75, 3.05) is 29.4 Å². The van der Waals surface area contributed by atoms with Gasteiger partial charge in [0.25, 0.3) is 0 Å². The van der Waals surface area contributed by atoms with Crippen molar-refractivity contribution in [2.45, 2.75) is 33.2 Å². The molecule has 11 heteroatoms. The fraction of sp³-hybridized carbons (Fsp3) is 0.333. The van der Waals surface area contributed by atoms with Gasteiger partial charge in [0.2, 0.25) is 15.9 Å². The first-order valence-electron chi connectivity index (χ1n) is 11.0. The number of fused-ring (bicyclic) bond motifs is 1. The van der Waals surface area contributed by atoms with Crippen molar-refractivity contribution in [1.82, 2.24) is 10.3 Å². The summed E-state index contributed by atoms with van der Waals surface area (Å²) in [4.78, 5) is 15.5. The van der Waals surface area contributed by atoms with Gasteiger partial charge in [-0.05, 0) is 49.1 Å². The first-order valence-corrected chi connectivity index (χ1v) is 12.7. The highest BCUT2D eigenvalue weighted by Gasteiger charge is 2.22. The van der Waals surface area contributed by atoms with Crippen molar-refractivity contribution >= 4 is 38.2 Å². The topological polar surface area (TPSA) is 109 Å². The van der Waals surface area contributed by atoms with Crippen LogP contribution in [0.5, 0.6) is 5.75 Å². The van der Waals surface area contributed by atoms with Gasteiger partial charge in [0.05, 0.1) is 24.1 Å². The lowest BCUT2D eigenvalue weighted by atomic mass is 9.99. The van der Waals surface area contributed by atoms with Crippen molar-refractivity contribution in [3.8, 4) is 16.9 Å². The molecule has 3 aromatic rings. The number of carbonyl (C=O) groups is 1. The van der Waals surface area contributed by atoms with Crippen LogP contribution < -0.4 is 20.1 Å². The summed E-state index contributed by atoms with van der Waals surface area (Å²) < 4.78 is 62.0. The number of amides is 1. The van der Waals surface area contributed by atoms with Crippen molar-refractivity contribution < 1.29 is 26.7 Å². The number of carbonyl (C=O) groups excluding carboxylic acids is 1. The van der Waals surface area contributed by atoms with E-state index >= 15 is 4.39 Å². The average molecular weight is 507 g/mol. The van der Waals surface area contributed by atoms with Gasteiger partial charge in [-0.1, -0.05) is 6.92 Å². The van der Waals surface area contributed by atoms with E-state index in [1.807, 2.05) is 6.92 Å². The number of nitrogens with one attached hydrogen (secondary N) is 3. The van der Waals surface area contributed by atoms with Crippen LogP contribution in [0, 0.1) is 11.6 Å². The Hall–Kier alpha value is -3.47. The van der Waals surface area contributed by atoms with Gasteiger partial charge in [0.15, 0.2) is 5.82 Å². The summed E-state index contributed by atoms with van der Waals surface area (Å²) in [7, 11) is -2.40. The molecule has 1 atom stereocenters. The first kappa shape index (κ1) is 26.1.